The van der Waals surface area contributed by atoms with Crippen molar-refractivity contribution in [3.8, 4) is 0 Å². The molecule has 0 aromatic carbocycles. The molecule has 0 aliphatic carbocycles. The fourth-order valence-electron chi connectivity index (χ4n) is 0.463. The second kappa shape index (κ2) is 7.22. The Hall–Kier alpha value is 0.110. The number of thioether (sulfide) groups is 1. The number of aliphatic imine (C=N–C) groups is 1. The second-order valence-electron chi connectivity index (χ2n) is 1.51. The van der Waals surface area contributed by atoms with Crippen molar-refractivity contribution in [2.45, 2.75) is 6.92 Å². The minimum absolute atomic E-state index is 0.589. The van der Waals surface area contributed by atoms with Crippen LogP contribution in [0.15, 0.2) is 4.99 Å². The second-order valence-corrected chi connectivity index (χ2v) is 3.08. The lowest BCUT2D eigenvalue weighted by atomic mass is 10.7. The number of alkyl halides is 1. The van der Waals surface area contributed by atoms with Crippen LogP contribution in [-0.2, 0) is 4.74 Å². The SMILES string of the molecule is CCOC(CSCCl)=NC. The molecule has 0 heterocycles. The first-order chi connectivity index (χ1) is 4.85. The van der Waals surface area contributed by atoms with E-state index in [9.17, 15) is 0 Å². The number of nitrogens with zero attached hydrogens (tertiary/aromatic N) is 1. The van der Waals surface area contributed by atoms with E-state index in [-0.39, 0.29) is 0 Å². The lowest BCUT2D eigenvalue weighted by Crippen LogP contribution is -2.07. The van der Waals surface area contributed by atoms with Crippen LogP contribution in [0, 0.1) is 0 Å². The van der Waals surface area contributed by atoms with Crippen LogP contribution in [0.2, 0.25) is 0 Å². The van der Waals surface area contributed by atoms with E-state index in [4.69, 9.17) is 16.3 Å². The first-order valence-electron chi connectivity index (χ1n) is 3.07. The van der Waals surface area contributed by atoms with Crippen molar-refractivity contribution in [3.05, 3.63) is 0 Å². The number of halogens is 1. The Bertz CT molecular complexity index is 108. The average Bonchev–Trinajstić information content (AvgIpc) is 1.98. The van der Waals surface area contributed by atoms with Crippen molar-refractivity contribution in [2.24, 2.45) is 4.99 Å². The lowest BCUT2D eigenvalue weighted by molar-refractivity contribution is 0.325. The molecule has 0 aliphatic rings. The van der Waals surface area contributed by atoms with Gasteiger partial charge in [-0.05, 0) is 6.92 Å². The molecule has 10 heavy (non-hydrogen) atoms. The monoisotopic (exact) mass is 181 g/mol. The van der Waals surface area contributed by atoms with E-state index < -0.39 is 0 Å². The molecule has 2 nitrogen and oxygen atoms in total. The summed E-state index contributed by atoms with van der Waals surface area (Å²) in [4.78, 5) is 3.93. The Balaban J connectivity index is 3.41. The van der Waals surface area contributed by atoms with E-state index in [0.717, 1.165) is 11.7 Å². The summed E-state index contributed by atoms with van der Waals surface area (Å²) >= 11 is 7.05. The van der Waals surface area contributed by atoms with Gasteiger partial charge in [0.25, 0.3) is 0 Å². The zero-order valence-corrected chi connectivity index (χ0v) is 7.84. The van der Waals surface area contributed by atoms with Gasteiger partial charge in [-0.1, -0.05) is 0 Å². The molecule has 0 saturated carbocycles. The summed E-state index contributed by atoms with van der Waals surface area (Å²) in [5, 5.41) is 0.589. The Morgan fingerprint density at radius 3 is 2.80 bits per heavy atom. The smallest absolute Gasteiger partial charge is 0.193 e. The molecule has 0 rings (SSSR count). The number of ether oxygens (including phenoxy) is 1. The van der Waals surface area contributed by atoms with Crippen LogP contribution < -0.4 is 0 Å². The highest BCUT2D eigenvalue weighted by Gasteiger charge is 1.95. The molecule has 0 amide bonds. The van der Waals surface area contributed by atoms with E-state index in [1.54, 1.807) is 18.8 Å². The first kappa shape index (κ1) is 10.1. The summed E-state index contributed by atoms with van der Waals surface area (Å²) in [6, 6.07) is 0. The summed E-state index contributed by atoms with van der Waals surface area (Å²) < 4.78 is 5.16. The molecule has 0 atom stereocenters. The molecule has 0 aromatic rings. The third-order valence-corrected chi connectivity index (χ3v) is 1.93. The largest absolute Gasteiger partial charge is 0.481 e. The number of hydrogen-bond acceptors (Lipinski definition) is 3. The Morgan fingerprint density at radius 2 is 2.40 bits per heavy atom. The minimum atomic E-state index is 0.589. The van der Waals surface area contributed by atoms with Crippen LogP contribution in [0.1, 0.15) is 6.92 Å². The third-order valence-electron chi connectivity index (χ3n) is 0.863. The molecular formula is C6H12ClNOS. The minimum Gasteiger partial charge on any atom is -0.481 e. The fourth-order valence-corrected chi connectivity index (χ4v) is 1.16. The normalized spacial score (nSPS) is 11.7. The van der Waals surface area contributed by atoms with E-state index in [1.807, 2.05) is 6.92 Å². The fraction of sp³-hybridized carbons (Fsp3) is 0.833. The third kappa shape index (κ3) is 4.94. The van der Waals surface area contributed by atoms with Gasteiger partial charge in [-0.2, -0.15) is 0 Å². The number of hydrogen-bond donors (Lipinski definition) is 0. The van der Waals surface area contributed by atoms with Gasteiger partial charge in [0.2, 0.25) is 0 Å². The van der Waals surface area contributed by atoms with Gasteiger partial charge >= 0.3 is 0 Å². The van der Waals surface area contributed by atoms with Crippen molar-refractivity contribution in [2.75, 3.05) is 24.6 Å². The molecule has 4 heteroatoms. The standard InChI is InChI=1S/C6H12ClNOS/c1-3-9-6(8-2)4-10-5-7/h3-5H2,1-2H3. The zero-order chi connectivity index (χ0) is 7.82. The molecular weight excluding hydrogens is 170 g/mol. The van der Waals surface area contributed by atoms with Gasteiger partial charge in [-0.3, -0.25) is 4.99 Å². The van der Waals surface area contributed by atoms with Gasteiger partial charge in [0.1, 0.15) is 0 Å². The molecule has 0 saturated heterocycles. The molecule has 0 aliphatic heterocycles. The predicted molar refractivity (Wildman–Crippen MR) is 48.2 cm³/mol. The topological polar surface area (TPSA) is 21.6 Å². The zero-order valence-electron chi connectivity index (χ0n) is 6.26. The van der Waals surface area contributed by atoms with Gasteiger partial charge in [0, 0.05) is 7.05 Å². The molecule has 0 fully saturated rings. The molecule has 0 spiro atoms. The molecule has 0 aromatic heterocycles. The number of rotatable bonds is 4. The highest BCUT2D eigenvalue weighted by molar-refractivity contribution is 8.01. The summed E-state index contributed by atoms with van der Waals surface area (Å²) in [6.45, 7) is 2.62. The summed E-state index contributed by atoms with van der Waals surface area (Å²) in [6.07, 6.45) is 0. The van der Waals surface area contributed by atoms with Crippen LogP contribution in [0.5, 0.6) is 0 Å². The Kier molecular flexibility index (Phi) is 7.30. The predicted octanol–water partition coefficient (Wildman–Crippen LogP) is 1.98. The van der Waals surface area contributed by atoms with Crippen molar-refractivity contribution in [1.29, 1.82) is 0 Å². The lowest BCUT2D eigenvalue weighted by Gasteiger charge is -2.03. The summed E-state index contributed by atoms with van der Waals surface area (Å²) in [5.41, 5.74) is 0. The van der Waals surface area contributed by atoms with Crippen molar-refractivity contribution in [3.63, 3.8) is 0 Å². The van der Waals surface area contributed by atoms with E-state index in [0.29, 0.717) is 11.8 Å². The summed E-state index contributed by atoms with van der Waals surface area (Å²) in [7, 11) is 1.72. The molecule has 0 bridgehead atoms. The van der Waals surface area contributed by atoms with E-state index in [2.05, 4.69) is 4.99 Å². The maximum absolute atomic E-state index is 5.46. The van der Waals surface area contributed by atoms with Crippen molar-refractivity contribution in [1.82, 2.24) is 0 Å². The van der Waals surface area contributed by atoms with E-state index in [1.165, 1.54) is 0 Å². The summed E-state index contributed by atoms with van der Waals surface area (Å²) in [5.74, 6) is 1.54. The van der Waals surface area contributed by atoms with Gasteiger partial charge in [0.05, 0.1) is 17.6 Å². The van der Waals surface area contributed by atoms with Crippen molar-refractivity contribution < 1.29 is 4.74 Å². The molecule has 60 valence electrons. The van der Waals surface area contributed by atoms with Crippen LogP contribution >= 0.6 is 23.4 Å². The van der Waals surface area contributed by atoms with Crippen molar-refractivity contribution >= 4 is 29.3 Å². The van der Waals surface area contributed by atoms with Crippen LogP contribution in [0.4, 0.5) is 0 Å². The molecule has 0 N–H and O–H groups in total. The van der Waals surface area contributed by atoms with Gasteiger partial charge in [-0.15, -0.1) is 23.4 Å². The average molecular weight is 182 g/mol. The first-order valence-corrected chi connectivity index (χ1v) is 4.76. The highest BCUT2D eigenvalue weighted by Crippen LogP contribution is 2.03. The molecule has 0 radical (unpaired) electrons. The van der Waals surface area contributed by atoms with Crippen LogP contribution in [0.3, 0.4) is 0 Å². The van der Waals surface area contributed by atoms with Gasteiger partial charge < -0.3 is 4.74 Å². The van der Waals surface area contributed by atoms with Crippen LogP contribution in [-0.4, -0.2) is 30.5 Å². The van der Waals surface area contributed by atoms with Gasteiger partial charge in [0.15, 0.2) is 5.90 Å². The molecule has 0 unspecified atom stereocenters. The Labute approximate surface area is 71.0 Å². The van der Waals surface area contributed by atoms with Gasteiger partial charge in [-0.25, -0.2) is 0 Å². The Morgan fingerprint density at radius 1 is 1.70 bits per heavy atom. The maximum atomic E-state index is 5.46. The maximum Gasteiger partial charge on any atom is 0.193 e. The van der Waals surface area contributed by atoms with Crippen LogP contribution in [0.25, 0.3) is 0 Å². The quantitative estimate of drug-likeness (QED) is 0.376. The highest BCUT2D eigenvalue weighted by atomic mass is 35.5. The van der Waals surface area contributed by atoms with E-state index >= 15 is 0 Å².